The molecular weight excluding hydrogens is 336 g/mol. The molecule has 1 aliphatic heterocycles. The molecule has 4 nitrogen and oxygen atoms in total. The zero-order valence-corrected chi connectivity index (χ0v) is 16.3. The van der Waals surface area contributed by atoms with Gasteiger partial charge in [0.2, 0.25) is 0 Å². The predicted molar refractivity (Wildman–Crippen MR) is 111 cm³/mol. The number of ether oxygens (including phenoxy) is 1. The Hall–Kier alpha value is -2.33. The number of carbonyl (C=O) groups is 1. The molecule has 2 aromatic rings. The number of ketones is 1. The monoisotopic (exact) mass is 366 g/mol. The fourth-order valence-corrected chi connectivity index (χ4v) is 3.34. The van der Waals surface area contributed by atoms with E-state index in [4.69, 9.17) is 4.74 Å². The molecule has 2 aromatic carbocycles. The molecule has 0 spiro atoms. The zero-order valence-electron chi connectivity index (χ0n) is 16.3. The lowest BCUT2D eigenvalue weighted by atomic mass is 10.1. The molecule has 0 unspecified atom stereocenters. The van der Waals surface area contributed by atoms with Gasteiger partial charge in [0.05, 0.1) is 6.61 Å². The Bertz CT molecular complexity index is 692. The molecule has 144 valence electrons. The van der Waals surface area contributed by atoms with E-state index < -0.39 is 0 Å². The summed E-state index contributed by atoms with van der Waals surface area (Å²) in [6, 6.07) is 18.1. The van der Waals surface area contributed by atoms with Gasteiger partial charge < -0.3 is 9.64 Å². The molecule has 0 saturated carbocycles. The highest BCUT2D eigenvalue weighted by atomic mass is 16.5. The number of nitrogens with zero attached hydrogens (tertiary/aromatic N) is 2. The number of hydrogen-bond acceptors (Lipinski definition) is 4. The number of Topliss-reactive ketones (excluding diaryl/α,β-unsaturated/α-hetero) is 1. The van der Waals surface area contributed by atoms with Crippen molar-refractivity contribution in [3.63, 3.8) is 0 Å². The largest absolute Gasteiger partial charge is 0.494 e. The van der Waals surface area contributed by atoms with E-state index in [2.05, 4.69) is 47.1 Å². The molecule has 0 bridgehead atoms. The average molecular weight is 367 g/mol. The Kier molecular flexibility index (Phi) is 7.28. The van der Waals surface area contributed by atoms with Crippen LogP contribution in [0.25, 0.3) is 0 Å². The minimum atomic E-state index is 0.209. The highest BCUT2D eigenvalue weighted by molar-refractivity contribution is 5.96. The van der Waals surface area contributed by atoms with Gasteiger partial charge in [-0.25, -0.2) is 0 Å². The van der Waals surface area contributed by atoms with Crippen LogP contribution >= 0.6 is 0 Å². The van der Waals surface area contributed by atoms with Crippen LogP contribution < -0.4 is 9.64 Å². The third-order valence-electron chi connectivity index (χ3n) is 5.09. The number of unbranched alkanes of at least 4 members (excludes halogenated alkanes) is 1. The van der Waals surface area contributed by atoms with Gasteiger partial charge >= 0.3 is 0 Å². The summed E-state index contributed by atoms with van der Waals surface area (Å²) in [4.78, 5) is 17.3. The van der Waals surface area contributed by atoms with Crippen LogP contribution in [-0.2, 0) is 0 Å². The van der Waals surface area contributed by atoms with Crippen molar-refractivity contribution in [2.24, 2.45) is 0 Å². The van der Waals surface area contributed by atoms with E-state index in [1.54, 1.807) is 0 Å². The van der Waals surface area contributed by atoms with E-state index in [9.17, 15) is 4.79 Å². The lowest BCUT2D eigenvalue weighted by Gasteiger charge is -2.36. The summed E-state index contributed by atoms with van der Waals surface area (Å²) >= 11 is 0. The van der Waals surface area contributed by atoms with E-state index in [1.807, 2.05) is 24.3 Å². The van der Waals surface area contributed by atoms with Gasteiger partial charge in [-0.1, -0.05) is 31.5 Å². The Morgan fingerprint density at radius 3 is 2.33 bits per heavy atom. The van der Waals surface area contributed by atoms with E-state index >= 15 is 0 Å². The maximum atomic E-state index is 12.5. The van der Waals surface area contributed by atoms with Crippen LogP contribution in [0, 0.1) is 0 Å². The maximum absolute atomic E-state index is 12.5. The van der Waals surface area contributed by atoms with Crippen molar-refractivity contribution in [1.29, 1.82) is 0 Å². The predicted octanol–water partition coefficient (Wildman–Crippen LogP) is 4.26. The van der Waals surface area contributed by atoms with Crippen molar-refractivity contribution >= 4 is 11.5 Å². The second-order valence-corrected chi connectivity index (χ2v) is 7.06. The highest BCUT2D eigenvalue weighted by Crippen LogP contribution is 2.17. The quantitative estimate of drug-likeness (QED) is 0.490. The minimum Gasteiger partial charge on any atom is -0.494 e. The normalized spacial score (nSPS) is 14.9. The molecule has 4 heteroatoms. The van der Waals surface area contributed by atoms with Crippen LogP contribution in [0.2, 0.25) is 0 Å². The molecule has 0 amide bonds. The molecule has 1 fully saturated rings. The van der Waals surface area contributed by atoms with Gasteiger partial charge in [-0.15, -0.1) is 0 Å². The van der Waals surface area contributed by atoms with Crippen molar-refractivity contribution < 1.29 is 9.53 Å². The first-order valence-electron chi connectivity index (χ1n) is 10.0. The standard InChI is InChI=1S/C23H30N2O2/c1-2-3-19-27-22-11-9-20(10-12-22)23(26)13-14-24-15-17-25(18-16-24)21-7-5-4-6-8-21/h4-12H,2-3,13-19H2,1H3. The Morgan fingerprint density at radius 2 is 1.67 bits per heavy atom. The molecule has 0 atom stereocenters. The number of benzene rings is 2. The molecule has 0 N–H and O–H groups in total. The number of rotatable bonds is 9. The zero-order chi connectivity index (χ0) is 18.9. The highest BCUT2D eigenvalue weighted by Gasteiger charge is 2.18. The van der Waals surface area contributed by atoms with Gasteiger partial charge in [-0.3, -0.25) is 9.69 Å². The molecule has 0 aliphatic carbocycles. The number of piperazine rings is 1. The summed E-state index contributed by atoms with van der Waals surface area (Å²) < 4.78 is 5.66. The van der Waals surface area contributed by atoms with E-state index in [0.717, 1.165) is 63.5 Å². The third-order valence-corrected chi connectivity index (χ3v) is 5.09. The summed E-state index contributed by atoms with van der Waals surface area (Å²) in [6.45, 7) is 7.75. The molecule has 3 rings (SSSR count). The molecule has 1 aliphatic rings. The first-order valence-corrected chi connectivity index (χ1v) is 10.0. The van der Waals surface area contributed by atoms with Crippen LogP contribution in [0.15, 0.2) is 54.6 Å². The van der Waals surface area contributed by atoms with E-state index in [1.165, 1.54) is 5.69 Å². The second-order valence-electron chi connectivity index (χ2n) is 7.06. The third kappa shape index (κ3) is 5.83. The van der Waals surface area contributed by atoms with Crippen LogP contribution in [0.5, 0.6) is 5.75 Å². The van der Waals surface area contributed by atoms with Crippen molar-refractivity contribution in [2.45, 2.75) is 26.2 Å². The Labute approximate surface area is 162 Å². The van der Waals surface area contributed by atoms with Crippen LogP contribution in [-0.4, -0.2) is 50.0 Å². The number of carbonyl (C=O) groups excluding carboxylic acids is 1. The maximum Gasteiger partial charge on any atom is 0.164 e. The Balaban J connectivity index is 1.40. The van der Waals surface area contributed by atoms with Crippen LogP contribution in [0.1, 0.15) is 36.5 Å². The summed E-state index contributed by atoms with van der Waals surface area (Å²) in [5, 5.41) is 0. The fraction of sp³-hybridized carbons (Fsp3) is 0.435. The summed E-state index contributed by atoms with van der Waals surface area (Å²) in [7, 11) is 0. The van der Waals surface area contributed by atoms with Gasteiger partial charge in [0.25, 0.3) is 0 Å². The van der Waals surface area contributed by atoms with Crippen molar-refractivity contribution in [3.8, 4) is 5.75 Å². The SMILES string of the molecule is CCCCOc1ccc(C(=O)CCN2CCN(c3ccccc3)CC2)cc1. The molecule has 27 heavy (non-hydrogen) atoms. The minimum absolute atomic E-state index is 0.209. The smallest absolute Gasteiger partial charge is 0.164 e. The molecule has 0 radical (unpaired) electrons. The number of anilines is 1. The Morgan fingerprint density at radius 1 is 0.963 bits per heavy atom. The number of para-hydroxylation sites is 1. The molecule has 0 aromatic heterocycles. The summed E-state index contributed by atoms with van der Waals surface area (Å²) in [5.41, 5.74) is 2.07. The van der Waals surface area contributed by atoms with Gasteiger partial charge in [0.15, 0.2) is 5.78 Å². The number of hydrogen-bond donors (Lipinski definition) is 0. The van der Waals surface area contributed by atoms with Gasteiger partial charge in [0.1, 0.15) is 5.75 Å². The van der Waals surface area contributed by atoms with E-state index in [-0.39, 0.29) is 5.78 Å². The lowest BCUT2D eigenvalue weighted by molar-refractivity contribution is 0.0962. The van der Waals surface area contributed by atoms with Crippen LogP contribution in [0.4, 0.5) is 5.69 Å². The lowest BCUT2D eigenvalue weighted by Crippen LogP contribution is -2.46. The summed E-state index contributed by atoms with van der Waals surface area (Å²) in [5.74, 6) is 1.05. The molecular formula is C23H30N2O2. The fourth-order valence-electron chi connectivity index (χ4n) is 3.34. The topological polar surface area (TPSA) is 32.8 Å². The molecule has 1 heterocycles. The van der Waals surface area contributed by atoms with Crippen molar-refractivity contribution in [3.05, 3.63) is 60.2 Å². The van der Waals surface area contributed by atoms with Crippen LogP contribution in [0.3, 0.4) is 0 Å². The van der Waals surface area contributed by atoms with Gasteiger partial charge in [0, 0.05) is 50.4 Å². The van der Waals surface area contributed by atoms with Crippen molar-refractivity contribution in [2.75, 3.05) is 44.2 Å². The first kappa shape index (κ1) is 19.4. The summed E-state index contributed by atoms with van der Waals surface area (Å²) in [6.07, 6.45) is 2.75. The average Bonchev–Trinajstić information content (AvgIpc) is 2.74. The second kappa shape index (κ2) is 10.1. The van der Waals surface area contributed by atoms with E-state index in [0.29, 0.717) is 6.42 Å². The van der Waals surface area contributed by atoms with Gasteiger partial charge in [-0.05, 0) is 42.8 Å². The molecule has 1 saturated heterocycles. The van der Waals surface area contributed by atoms with Gasteiger partial charge in [-0.2, -0.15) is 0 Å². The first-order chi connectivity index (χ1) is 13.3. The van der Waals surface area contributed by atoms with Crippen molar-refractivity contribution in [1.82, 2.24) is 4.90 Å².